The number of fused-ring (bicyclic) bond motifs is 2. The van der Waals surface area contributed by atoms with Gasteiger partial charge in [0.2, 0.25) is 0 Å². The highest BCUT2D eigenvalue weighted by atomic mass is 19.1. The zero-order chi connectivity index (χ0) is 23.2. The molecular weight excluding hydrogens is 435 g/mol. The highest BCUT2D eigenvalue weighted by molar-refractivity contribution is 6.00. The Kier molecular flexibility index (Phi) is 5.32. The molecule has 1 amide bonds. The maximum absolute atomic E-state index is 12.9. The van der Waals surface area contributed by atoms with Crippen LogP contribution in [0.1, 0.15) is 46.8 Å². The number of nitrogens with one attached hydrogen (secondary N) is 2. The van der Waals surface area contributed by atoms with Crippen LogP contribution in [-0.2, 0) is 0 Å². The topological polar surface area (TPSA) is 90.7 Å². The molecule has 1 saturated heterocycles. The lowest BCUT2D eigenvalue weighted by Gasteiger charge is -2.26. The molecule has 178 valence electrons. The number of hydrogen-bond donors (Lipinski definition) is 2. The first kappa shape index (κ1) is 21.3. The van der Waals surface area contributed by atoms with E-state index in [9.17, 15) is 9.18 Å². The number of pyridine rings is 1. The summed E-state index contributed by atoms with van der Waals surface area (Å²) < 4.78 is 14.6. The van der Waals surface area contributed by atoms with E-state index in [1.54, 1.807) is 10.7 Å². The van der Waals surface area contributed by atoms with Crippen molar-refractivity contribution < 1.29 is 9.18 Å². The Balaban J connectivity index is 1.36. The highest BCUT2D eigenvalue weighted by Gasteiger charge is 2.38. The molecule has 2 N–H and O–H groups in total. The Bertz CT molecular complexity index is 1220. The van der Waals surface area contributed by atoms with Gasteiger partial charge in [-0.2, -0.15) is 9.61 Å². The lowest BCUT2D eigenvalue weighted by Crippen LogP contribution is -2.37. The molecule has 2 fully saturated rings. The SMILES string of the molecule is CNc1cc(C2CN([C@@H]3CCN(CCF)C3)c3ncccc32)nc2c(C(=O)NC3CC3)cnn12. The summed E-state index contributed by atoms with van der Waals surface area (Å²) >= 11 is 0. The largest absolute Gasteiger partial charge is 0.373 e. The number of halogens is 1. The molecule has 5 heterocycles. The van der Waals surface area contributed by atoms with Gasteiger partial charge in [-0.15, -0.1) is 0 Å². The maximum atomic E-state index is 12.9. The Morgan fingerprint density at radius 2 is 2.15 bits per heavy atom. The minimum Gasteiger partial charge on any atom is -0.373 e. The summed E-state index contributed by atoms with van der Waals surface area (Å²) in [5, 5.41) is 10.7. The Morgan fingerprint density at radius 1 is 1.26 bits per heavy atom. The number of aromatic nitrogens is 4. The van der Waals surface area contributed by atoms with Crippen LogP contribution >= 0.6 is 0 Å². The summed E-state index contributed by atoms with van der Waals surface area (Å²) in [4.78, 5) is 27.1. The standard InChI is InChI=1S/C24H29FN8O/c1-26-21-11-20(30-23-18(12-28-33(21)23)24(34)29-15-4-5-15)19-14-32(22-17(19)3-2-8-27-22)16-6-9-31(13-16)10-7-25/h2-3,8,11-12,15-16,19,26H,4-7,9-10,13-14H2,1H3,(H,29,34)/t16-,19?/m1/s1. The van der Waals surface area contributed by atoms with Crippen LogP contribution in [0, 0.1) is 0 Å². The molecule has 6 rings (SSSR count). The predicted molar refractivity (Wildman–Crippen MR) is 127 cm³/mol. The van der Waals surface area contributed by atoms with Crippen LogP contribution in [0.3, 0.4) is 0 Å². The number of anilines is 2. The monoisotopic (exact) mass is 464 g/mol. The van der Waals surface area contributed by atoms with Crippen molar-refractivity contribution in [3.8, 4) is 0 Å². The van der Waals surface area contributed by atoms with E-state index in [0.29, 0.717) is 23.8 Å². The molecule has 0 spiro atoms. The van der Waals surface area contributed by atoms with Gasteiger partial charge in [0, 0.05) is 69.1 Å². The molecule has 9 nitrogen and oxygen atoms in total. The molecule has 10 heteroatoms. The molecule has 3 aromatic heterocycles. The van der Waals surface area contributed by atoms with Crippen molar-refractivity contribution in [2.24, 2.45) is 0 Å². The normalized spacial score (nSPS) is 22.4. The first-order valence-electron chi connectivity index (χ1n) is 12.0. The third-order valence-corrected chi connectivity index (χ3v) is 7.19. The van der Waals surface area contributed by atoms with Crippen LogP contribution in [0.25, 0.3) is 5.65 Å². The second-order valence-electron chi connectivity index (χ2n) is 9.41. The molecule has 34 heavy (non-hydrogen) atoms. The Morgan fingerprint density at radius 3 is 2.94 bits per heavy atom. The lowest BCUT2D eigenvalue weighted by molar-refractivity contribution is 0.0952. The minimum atomic E-state index is -0.317. The fraction of sp³-hybridized carbons (Fsp3) is 0.500. The molecule has 0 bridgehead atoms. The van der Waals surface area contributed by atoms with E-state index in [2.05, 4.69) is 31.6 Å². The molecule has 0 radical (unpaired) electrons. The smallest absolute Gasteiger partial charge is 0.256 e. The van der Waals surface area contributed by atoms with E-state index in [4.69, 9.17) is 9.97 Å². The number of carbonyl (C=O) groups is 1. The van der Waals surface area contributed by atoms with Crippen molar-refractivity contribution in [1.29, 1.82) is 0 Å². The van der Waals surface area contributed by atoms with Gasteiger partial charge in [0.1, 0.15) is 23.9 Å². The van der Waals surface area contributed by atoms with E-state index >= 15 is 0 Å². The molecule has 1 aliphatic carbocycles. The van der Waals surface area contributed by atoms with E-state index in [1.165, 1.54) is 0 Å². The second kappa shape index (κ2) is 8.50. The van der Waals surface area contributed by atoms with Crippen LogP contribution < -0.4 is 15.5 Å². The Labute approximate surface area is 197 Å². The summed E-state index contributed by atoms with van der Waals surface area (Å²) in [6.07, 6.45) is 6.47. The van der Waals surface area contributed by atoms with Crippen LogP contribution in [0.15, 0.2) is 30.6 Å². The minimum absolute atomic E-state index is 0.0188. The molecular formula is C24H29FN8O. The fourth-order valence-electron chi connectivity index (χ4n) is 5.26. The molecule has 2 atom stereocenters. The van der Waals surface area contributed by atoms with Gasteiger partial charge in [0.25, 0.3) is 5.91 Å². The first-order chi connectivity index (χ1) is 16.7. The number of amides is 1. The van der Waals surface area contributed by atoms with E-state index in [-0.39, 0.29) is 24.5 Å². The van der Waals surface area contributed by atoms with E-state index in [0.717, 1.165) is 61.8 Å². The summed E-state index contributed by atoms with van der Waals surface area (Å²) in [5.41, 5.74) is 3.06. The van der Waals surface area contributed by atoms with Crippen molar-refractivity contribution in [2.75, 3.05) is 50.1 Å². The predicted octanol–water partition coefficient (Wildman–Crippen LogP) is 2.05. The van der Waals surface area contributed by atoms with Gasteiger partial charge in [0.15, 0.2) is 5.65 Å². The van der Waals surface area contributed by atoms with Gasteiger partial charge in [-0.05, 0) is 25.3 Å². The quantitative estimate of drug-likeness (QED) is 0.553. The number of alkyl halides is 1. The number of nitrogens with zero attached hydrogens (tertiary/aromatic N) is 6. The van der Waals surface area contributed by atoms with Gasteiger partial charge in [-0.25, -0.2) is 14.4 Å². The number of likely N-dealkylation sites (tertiary alicyclic amines) is 1. The molecule has 2 aliphatic heterocycles. The van der Waals surface area contributed by atoms with Crippen molar-refractivity contribution >= 4 is 23.2 Å². The van der Waals surface area contributed by atoms with Gasteiger partial charge in [-0.3, -0.25) is 9.69 Å². The van der Waals surface area contributed by atoms with Crippen molar-refractivity contribution in [1.82, 2.24) is 29.8 Å². The van der Waals surface area contributed by atoms with Gasteiger partial charge >= 0.3 is 0 Å². The molecule has 3 aliphatic rings. The van der Waals surface area contributed by atoms with Crippen LogP contribution in [0.4, 0.5) is 16.0 Å². The third kappa shape index (κ3) is 3.66. The van der Waals surface area contributed by atoms with Gasteiger partial charge < -0.3 is 15.5 Å². The molecule has 1 unspecified atom stereocenters. The first-order valence-corrected chi connectivity index (χ1v) is 12.0. The summed E-state index contributed by atoms with van der Waals surface area (Å²) in [6, 6.07) is 6.65. The van der Waals surface area contributed by atoms with Crippen LogP contribution in [0.2, 0.25) is 0 Å². The van der Waals surface area contributed by atoms with Gasteiger partial charge in [-0.1, -0.05) is 6.07 Å². The van der Waals surface area contributed by atoms with Crippen molar-refractivity contribution in [3.63, 3.8) is 0 Å². The fourth-order valence-corrected chi connectivity index (χ4v) is 5.26. The second-order valence-corrected chi connectivity index (χ2v) is 9.41. The molecule has 1 saturated carbocycles. The molecule has 3 aromatic rings. The van der Waals surface area contributed by atoms with Crippen molar-refractivity contribution in [2.45, 2.75) is 37.3 Å². The summed E-state index contributed by atoms with van der Waals surface area (Å²) in [6.45, 7) is 2.67. The average molecular weight is 465 g/mol. The van der Waals surface area contributed by atoms with E-state index in [1.807, 2.05) is 25.4 Å². The molecule has 0 aromatic carbocycles. The highest BCUT2D eigenvalue weighted by Crippen LogP contribution is 2.41. The number of carbonyl (C=O) groups excluding carboxylic acids is 1. The number of rotatable bonds is 7. The zero-order valence-electron chi connectivity index (χ0n) is 19.2. The number of hydrogen-bond acceptors (Lipinski definition) is 7. The average Bonchev–Trinajstić information content (AvgIpc) is 3.24. The summed E-state index contributed by atoms with van der Waals surface area (Å²) in [7, 11) is 1.85. The van der Waals surface area contributed by atoms with Crippen molar-refractivity contribution in [3.05, 3.63) is 47.4 Å². The zero-order valence-corrected chi connectivity index (χ0v) is 19.2. The van der Waals surface area contributed by atoms with Crippen LogP contribution in [0.5, 0.6) is 0 Å². The lowest BCUT2D eigenvalue weighted by atomic mass is 9.99. The van der Waals surface area contributed by atoms with Crippen LogP contribution in [-0.4, -0.2) is 82.4 Å². The van der Waals surface area contributed by atoms with Gasteiger partial charge in [0.05, 0.1) is 11.9 Å². The third-order valence-electron chi connectivity index (χ3n) is 7.19. The maximum Gasteiger partial charge on any atom is 0.256 e. The summed E-state index contributed by atoms with van der Waals surface area (Å²) in [5.74, 6) is 1.65. The Hall–Kier alpha value is -3.27. The van der Waals surface area contributed by atoms with E-state index < -0.39 is 0 Å².